The van der Waals surface area contributed by atoms with Crippen molar-refractivity contribution in [2.45, 2.75) is 25.3 Å². The molecule has 0 spiro atoms. The van der Waals surface area contributed by atoms with Gasteiger partial charge in [0.15, 0.2) is 0 Å². The van der Waals surface area contributed by atoms with Crippen LogP contribution < -0.4 is 10.1 Å². The van der Waals surface area contributed by atoms with E-state index in [-0.39, 0.29) is 30.8 Å². The summed E-state index contributed by atoms with van der Waals surface area (Å²) < 4.78 is 18.2. The molecule has 0 saturated carbocycles. The summed E-state index contributed by atoms with van der Waals surface area (Å²) in [5.74, 6) is 0.245. The molecule has 1 aliphatic rings. The molecule has 1 atom stereocenters. The van der Waals surface area contributed by atoms with Crippen LogP contribution in [0.3, 0.4) is 0 Å². The summed E-state index contributed by atoms with van der Waals surface area (Å²) in [6.07, 6.45) is 2.24. The molecular formula is C18H18FNO2. The fourth-order valence-electron chi connectivity index (χ4n) is 2.77. The van der Waals surface area contributed by atoms with E-state index < -0.39 is 0 Å². The first kappa shape index (κ1) is 14.6. The van der Waals surface area contributed by atoms with E-state index in [4.69, 9.17) is 4.74 Å². The normalized spacial score (nSPS) is 16.1. The summed E-state index contributed by atoms with van der Waals surface area (Å²) in [6.45, 7) is 0.284. The molecule has 0 bridgehead atoms. The van der Waals surface area contributed by atoms with Crippen LogP contribution in [0.15, 0.2) is 48.5 Å². The second-order valence-electron chi connectivity index (χ2n) is 5.41. The van der Waals surface area contributed by atoms with Gasteiger partial charge in [-0.1, -0.05) is 24.3 Å². The Morgan fingerprint density at radius 3 is 2.77 bits per heavy atom. The number of halogens is 1. The standard InChI is InChI=1S/C18H18FNO2/c19-14-6-8-15(9-7-14)22-12-11-18(21)20-17-10-5-13-3-1-2-4-16(13)17/h1-4,6-9,17H,5,10-12H2,(H,20,21)/t17-/m1/s1. The molecule has 0 aliphatic heterocycles. The fourth-order valence-corrected chi connectivity index (χ4v) is 2.77. The molecule has 2 aromatic rings. The van der Waals surface area contributed by atoms with Crippen LogP contribution in [0.2, 0.25) is 0 Å². The van der Waals surface area contributed by atoms with Crippen LogP contribution in [-0.2, 0) is 11.2 Å². The van der Waals surface area contributed by atoms with E-state index in [0.29, 0.717) is 5.75 Å². The molecule has 0 heterocycles. The molecule has 114 valence electrons. The Morgan fingerprint density at radius 2 is 1.95 bits per heavy atom. The van der Waals surface area contributed by atoms with Crippen LogP contribution in [0.25, 0.3) is 0 Å². The van der Waals surface area contributed by atoms with Crippen molar-refractivity contribution in [2.24, 2.45) is 0 Å². The van der Waals surface area contributed by atoms with Gasteiger partial charge in [-0.2, -0.15) is 0 Å². The van der Waals surface area contributed by atoms with Crippen molar-refractivity contribution >= 4 is 5.91 Å². The Morgan fingerprint density at radius 1 is 1.18 bits per heavy atom. The first-order chi connectivity index (χ1) is 10.7. The number of carbonyl (C=O) groups excluding carboxylic acids is 1. The van der Waals surface area contributed by atoms with Gasteiger partial charge in [0, 0.05) is 0 Å². The van der Waals surface area contributed by atoms with E-state index >= 15 is 0 Å². The summed E-state index contributed by atoms with van der Waals surface area (Å²) in [5.41, 5.74) is 2.53. The number of aryl methyl sites for hydroxylation is 1. The average Bonchev–Trinajstić information content (AvgIpc) is 2.93. The summed E-state index contributed by atoms with van der Waals surface area (Å²) in [6, 6.07) is 14.1. The third-order valence-electron chi connectivity index (χ3n) is 3.88. The second kappa shape index (κ2) is 6.60. The number of nitrogens with one attached hydrogen (secondary N) is 1. The third kappa shape index (κ3) is 3.45. The molecule has 22 heavy (non-hydrogen) atoms. The monoisotopic (exact) mass is 299 g/mol. The lowest BCUT2D eigenvalue weighted by Crippen LogP contribution is -2.28. The summed E-state index contributed by atoms with van der Waals surface area (Å²) >= 11 is 0. The maximum absolute atomic E-state index is 12.8. The minimum absolute atomic E-state index is 0.0242. The SMILES string of the molecule is O=C(CCOc1ccc(F)cc1)N[C@@H]1CCc2ccccc21. The number of ether oxygens (including phenoxy) is 1. The number of fused-ring (bicyclic) bond motifs is 1. The number of amides is 1. The number of hydrogen-bond donors (Lipinski definition) is 1. The maximum Gasteiger partial charge on any atom is 0.223 e. The van der Waals surface area contributed by atoms with E-state index in [1.807, 2.05) is 12.1 Å². The zero-order valence-corrected chi connectivity index (χ0v) is 12.2. The molecular weight excluding hydrogens is 281 g/mol. The van der Waals surface area contributed by atoms with Crippen LogP contribution >= 0.6 is 0 Å². The van der Waals surface area contributed by atoms with Gasteiger partial charge in [-0.05, 0) is 48.2 Å². The van der Waals surface area contributed by atoms with E-state index in [9.17, 15) is 9.18 Å². The van der Waals surface area contributed by atoms with E-state index in [2.05, 4.69) is 17.4 Å². The van der Waals surface area contributed by atoms with Gasteiger partial charge < -0.3 is 10.1 Å². The fraction of sp³-hybridized carbons (Fsp3) is 0.278. The lowest BCUT2D eigenvalue weighted by molar-refractivity contribution is -0.122. The van der Waals surface area contributed by atoms with Crippen molar-refractivity contribution in [3.63, 3.8) is 0 Å². The predicted octanol–water partition coefficient (Wildman–Crippen LogP) is 3.40. The van der Waals surface area contributed by atoms with Gasteiger partial charge in [0.05, 0.1) is 19.1 Å². The van der Waals surface area contributed by atoms with Crippen molar-refractivity contribution in [1.82, 2.24) is 5.32 Å². The molecule has 0 fully saturated rings. The smallest absolute Gasteiger partial charge is 0.223 e. The van der Waals surface area contributed by atoms with Gasteiger partial charge in [0.25, 0.3) is 0 Å². The first-order valence-electron chi connectivity index (χ1n) is 7.48. The molecule has 0 unspecified atom stereocenters. The maximum atomic E-state index is 12.8. The Balaban J connectivity index is 1.46. The van der Waals surface area contributed by atoms with Crippen LogP contribution in [0.4, 0.5) is 4.39 Å². The quantitative estimate of drug-likeness (QED) is 0.919. The van der Waals surface area contributed by atoms with Crippen molar-refractivity contribution in [2.75, 3.05) is 6.61 Å². The van der Waals surface area contributed by atoms with Gasteiger partial charge in [-0.3, -0.25) is 4.79 Å². The molecule has 1 amide bonds. The largest absolute Gasteiger partial charge is 0.493 e. The number of carbonyl (C=O) groups is 1. The Hall–Kier alpha value is -2.36. The molecule has 3 rings (SSSR count). The van der Waals surface area contributed by atoms with Gasteiger partial charge in [-0.25, -0.2) is 4.39 Å². The molecule has 0 radical (unpaired) electrons. The van der Waals surface area contributed by atoms with Gasteiger partial charge in [-0.15, -0.1) is 0 Å². The Labute approximate surface area is 129 Å². The highest BCUT2D eigenvalue weighted by atomic mass is 19.1. The van der Waals surface area contributed by atoms with Gasteiger partial charge >= 0.3 is 0 Å². The number of benzene rings is 2. The molecule has 2 aromatic carbocycles. The highest BCUT2D eigenvalue weighted by Gasteiger charge is 2.23. The highest BCUT2D eigenvalue weighted by Crippen LogP contribution is 2.30. The van der Waals surface area contributed by atoms with Crippen molar-refractivity contribution < 1.29 is 13.9 Å². The van der Waals surface area contributed by atoms with E-state index in [1.165, 1.54) is 23.3 Å². The number of hydrogen-bond acceptors (Lipinski definition) is 2. The molecule has 0 saturated heterocycles. The average molecular weight is 299 g/mol. The molecule has 4 heteroatoms. The zero-order valence-electron chi connectivity index (χ0n) is 12.2. The lowest BCUT2D eigenvalue weighted by atomic mass is 10.1. The van der Waals surface area contributed by atoms with Crippen molar-refractivity contribution in [3.8, 4) is 5.75 Å². The lowest BCUT2D eigenvalue weighted by Gasteiger charge is -2.14. The van der Waals surface area contributed by atoms with E-state index in [0.717, 1.165) is 12.8 Å². The van der Waals surface area contributed by atoms with Crippen molar-refractivity contribution in [1.29, 1.82) is 0 Å². The second-order valence-corrected chi connectivity index (χ2v) is 5.41. The molecule has 0 aromatic heterocycles. The van der Waals surface area contributed by atoms with Gasteiger partial charge in [0.2, 0.25) is 5.91 Å². The Bertz CT molecular complexity index is 654. The minimum atomic E-state index is -0.301. The van der Waals surface area contributed by atoms with Crippen LogP contribution in [0.1, 0.15) is 30.0 Å². The van der Waals surface area contributed by atoms with Crippen molar-refractivity contribution in [3.05, 3.63) is 65.5 Å². The van der Waals surface area contributed by atoms with Gasteiger partial charge in [0.1, 0.15) is 11.6 Å². The summed E-state index contributed by atoms with van der Waals surface area (Å²) in [4.78, 5) is 12.0. The predicted molar refractivity (Wildman–Crippen MR) is 82.2 cm³/mol. The molecule has 1 N–H and O–H groups in total. The topological polar surface area (TPSA) is 38.3 Å². The number of rotatable bonds is 5. The molecule has 1 aliphatic carbocycles. The minimum Gasteiger partial charge on any atom is -0.493 e. The van der Waals surface area contributed by atoms with Crippen LogP contribution in [-0.4, -0.2) is 12.5 Å². The van der Waals surface area contributed by atoms with E-state index in [1.54, 1.807) is 12.1 Å². The highest BCUT2D eigenvalue weighted by molar-refractivity contribution is 5.76. The summed E-state index contributed by atoms with van der Waals surface area (Å²) in [5, 5.41) is 3.05. The van der Waals surface area contributed by atoms with Crippen LogP contribution in [0.5, 0.6) is 5.75 Å². The van der Waals surface area contributed by atoms with Crippen LogP contribution in [0, 0.1) is 5.82 Å². The zero-order chi connectivity index (χ0) is 15.4. The third-order valence-corrected chi connectivity index (χ3v) is 3.88. The Kier molecular flexibility index (Phi) is 4.37. The summed E-state index contributed by atoms with van der Waals surface area (Å²) in [7, 11) is 0. The first-order valence-corrected chi connectivity index (χ1v) is 7.48. The molecule has 3 nitrogen and oxygen atoms in total.